The van der Waals surface area contributed by atoms with Crippen LogP contribution in [0.25, 0.3) is 0 Å². The van der Waals surface area contributed by atoms with Crippen molar-refractivity contribution in [2.24, 2.45) is 0 Å². The average molecular weight is 234 g/mol. The zero-order chi connectivity index (χ0) is 12.1. The molecule has 2 aromatic rings. The van der Waals surface area contributed by atoms with Crippen molar-refractivity contribution in [3.8, 4) is 0 Å². The van der Waals surface area contributed by atoms with Crippen molar-refractivity contribution in [1.29, 1.82) is 0 Å². The molecule has 2 heterocycles. The number of hydrogen-bond donors (Lipinski definition) is 2. The van der Waals surface area contributed by atoms with E-state index in [4.69, 9.17) is 4.42 Å². The lowest BCUT2D eigenvalue weighted by atomic mass is 10.4. The van der Waals surface area contributed by atoms with Crippen LogP contribution in [0.15, 0.2) is 22.9 Å². The van der Waals surface area contributed by atoms with Crippen LogP contribution in [0.1, 0.15) is 19.7 Å². The molecule has 0 aliphatic carbocycles. The molecule has 0 radical (unpaired) electrons. The summed E-state index contributed by atoms with van der Waals surface area (Å²) >= 11 is 0. The van der Waals surface area contributed by atoms with E-state index in [1.54, 1.807) is 18.5 Å². The van der Waals surface area contributed by atoms with Crippen LogP contribution in [0.2, 0.25) is 0 Å². The molecule has 0 spiro atoms. The fraction of sp³-hybridized carbons (Fsp3) is 0.400. The van der Waals surface area contributed by atoms with Crippen LogP contribution in [-0.4, -0.2) is 26.2 Å². The Bertz CT molecular complexity index is 455. The van der Waals surface area contributed by atoms with E-state index in [9.17, 15) is 0 Å². The summed E-state index contributed by atoms with van der Waals surface area (Å²) < 4.78 is 5.36. The SMILES string of the molecule is CC(C)NCc1nnc(Nc2ncccn2)o1. The first-order valence-corrected chi connectivity index (χ1v) is 5.34. The van der Waals surface area contributed by atoms with E-state index in [0.717, 1.165) is 0 Å². The third-order valence-corrected chi connectivity index (χ3v) is 1.91. The van der Waals surface area contributed by atoms with Gasteiger partial charge in [-0.25, -0.2) is 9.97 Å². The fourth-order valence-electron chi connectivity index (χ4n) is 1.13. The largest absolute Gasteiger partial charge is 0.406 e. The number of nitrogens with zero attached hydrogens (tertiary/aromatic N) is 4. The summed E-state index contributed by atoms with van der Waals surface area (Å²) in [6.45, 7) is 4.64. The van der Waals surface area contributed by atoms with E-state index in [-0.39, 0.29) is 6.01 Å². The second-order valence-corrected chi connectivity index (χ2v) is 3.73. The van der Waals surface area contributed by atoms with Gasteiger partial charge < -0.3 is 9.73 Å². The van der Waals surface area contributed by atoms with Gasteiger partial charge in [0.1, 0.15) is 0 Å². The molecule has 0 aromatic carbocycles. The lowest BCUT2D eigenvalue weighted by Crippen LogP contribution is -2.21. The van der Waals surface area contributed by atoms with Gasteiger partial charge in [0.25, 0.3) is 0 Å². The Hall–Kier alpha value is -2.02. The maximum Gasteiger partial charge on any atom is 0.322 e. The van der Waals surface area contributed by atoms with Gasteiger partial charge in [0.2, 0.25) is 11.8 Å². The Morgan fingerprint density at radius 2 is 2.00 bits per heavy atom. The molecule has 7 heteroatoms. The van der Waals surface area contributed by atoms with E-state index in [2.05, 4.69) is 30.8 Å². The Morgan fingerprint density at radius 1 is 1.24 bits per heavy atom. The first kappa shape index (κ1) is 11.5. The van der Waals surface area contributed by atoms with Gasteiger partial charge >= 0.3 is 6.01 Å². The lowest BCUT2D eigenvalue weighted by molar-refractivity contribution is 0.460. The number of hydrogen-bond acceptors (Lipinski definition) is 7. The van der Waals surface area contributed by atoms with Gasteiger partial charge in [-0.05, 0) is 6.07 Å². The molecule has 0 saturated heterocycles. The molecule has 7 nitrogen and oxygen atoms in total. The Kier molecular flexibility index (Phi) is 3.61. The molecular weight excluding hydrogens is 220 g/mol. The quantitative estimate of drug-likeness (QED) is 0.800. The van der Waals surface area contributed by atoms with Crippen LogP contribution in [0.3, 0.4) is 0 Å². The highest BCUT2D eigenvalue weighted by molar-refractivity contribution is 5.38. The van der Waals surface area contributed by atoms with E-state index >= 15 is 0 Å². The highest BCUT2D eigenvalue weighted by Gasteiger charge is 2.07. The molecule has 2 rings (SSSR count). The molecule has 0 aliphatic rings. The van der Waals surface area contributed by atoms with E-state index in [0.29, 0.717) is 24.4 Å². The van der Waals surface area contributed by atoms with Gasteiger partial charge in [-0.2, -0.15) is 0 Å². The van der Waals surface area contributed by atoms with E-state index < -0.39 is 0 Å². The molecular formula is C10H14N6O. The summed E-state index contributed by atoms with van der Waals surface area (Å²) in [5.41, 5.74) is 0. The Morgan fingerprint density at radius 3 is 2.71 bits per heavy atom. The molecule has 0 amide bonds. The summed E-state index contributed by atoms with van der Waals surface area (Å²) in [5.74, 6) is 0.955. The zero-order valence-electron chi connectivity index (χ0n) is 9.71. The number of aromatic nitrogens is 4. The maximum absolute atomic E-state index is 5.36. The van der Waals surface area contributed by atoms with Crippen molar-refractivity contribution in [3.05, 3.63) is 24.4 Å². The van der Waals surface area contributed by atoms with Gasteiger partial charge in [-0.15, -0.1) is 5.10 Å². The zero-order valence-corrected chi connectivity index (χ0v) is 9.71. The molecule has 0 saturated carbocycles. The van der Waals surface area contributed by atoms with Crippen molar-refractivity contribution in [3.63, 3.8) is 0 Å². The van der Waals surface area contributed by atoms with Crippen molar-refractivity contribution >= 4 is 12.0 Å². The lowest BCUT2D eigenvalue weighted by Gasteiger charge is -2.03. The summed E-state index contributed by atoms with van der Waals surface area (Å²) in [6, 6.07) is 2.39. The summed E-state index contributed by atoms with van der Waals surface area (Å²) in [7, 11) is 0. The van der Waals surface area contributed by atoms with Crippen molar-refractivity contribution in [2.75, 3.05) is 5.32 Å². The minimum Gasteiger partial charge on any atom is -0.406 e. The summed E-state index contributed by atoms with van der Waals surface area (Å²) in [6.07, 6.45) is 3.26. The molecule has 2 N–H and O–H groups in total. The normalized spacial score (nSPS) is 10.8. The topological polar surface area (TPSA) is 88.8 Å². The monoisotopic (exact) mass is 234 g/mol. The third kappa shape index (κ3) is 3.49. The van der Waals surface area contributed by atoms with Crippen LogP contribution in [0.5, 0.6) is 0 Å². The third-order valence-electron chi connectivity index (χ3n) is 1.91. The molecule has 17 heavy (non-hydrogen) atoms. The minimum absolute atomic E-state index is 0.289. The fourth-order valence-corrected chi connectivity index (χ4v) is 1.13. The highest BCUT2D eigenvalue weighted by atomic mass is 16.4. The first-order valence-electron chi connectivity index (χ1n) is 5.34. The predicted molar refractivity (Wildman–Crippen MR) is 61.6 cm³/mol. The maximum atomic E-state index is 5.36. The number of rotatable bonds is 5. The minimum atomic E-state index is 0.289. The first-order chi connectivity index (χ1) is 8.24. The van der Waals surface area contributed by atoms with Gasteiger partial charge in [-0.1, -0.05) is 18.9 Å². The molecule has 0 aliphatic heterocycles. The molecule has 0 fully saturated rings. The number of anilines is 2. The van der Waals surface area contributed by atoms with Crippen LogP contribution in [-0.2, 0) is 6.54 Å². The van der Waals surface area contributed by atoms with E-state index in [1.165, 1.54) is 0 Å². The molecule has 0 atom stereocenters. The standard InChI is InChI=1S/C10H14N6O/c1-7(2)13-6-8-15-16-10(17-8)14-9-11-4-3-5-12-9/h3-5,7,13H,6H2,1-2H3,(H,11,12,14,16). The second kappa shape index (κ2) is 5.35. The van der Waals surface area contributed by atoms with Crippen molar-refractivity contribution < 1.29 is 4.42 Å². The van der Waals surface area contributed by atoms with Gasteiger partial charge in [0.05, 0.1) is 6.54 Å². The highest BCUT2D eigenvalue weighted by Crippen LogP contribution is 2.09. The predicted octanol–water partition coefficient (Wildman–Crippen LogP) is 1.10. The average Bonchev–Trinajstić information content (AvgIpc) is 2.75. The smallest absolute Gasteiger partial charge is 0.322 e. The molecule has 90 valence electrons. The molecule has 2 aromatic heterocycles. The van der Waals surface area contributed by atoms with Gasteiger partial charge in [0, 0.05) is 18.4 Å². The second-order valence-electron chi connectivity index (χ2n) is 3.73. The molecule has 0 unspecified atom stereocenters. The Labute approximate surface area is 98.7 Å². The number of nitrogens with one attached hydrogen (secondary N) is 2. The van der Waals surface area contributed by atoms with Gasteiger partial charge in [-0.3, -0.25) is 5.32 Å². The molecule has 0 bridgehead atoms. The van der Waals surface area contributed by atoms with E-state index in [1.807, 2.05) is 13.8 Å². The van der Waals surface area contributed by atoms with Crippen LogP contribution >= 0.6 is 0 Å². The van der Waals surface area contributed by atoms with Crippen LogP contribution < -0.4 is 10.6 Å². The van der Waals surface area contributed by atoms with Crippen molar-refractivity contribution in [2.45, 2.75) is 26.4 Å². The van der Waals surface area contributed by atoms with Crippen LogP contribution in [0, 0.1) is 0 Å². The Balaban J connectivity index is 1.94. The van der Waals surface area contributed by atoms with Crippen molar-refractivity contribution in [1.82, 2.24) is 25.5 Å². The van der Waals surface area contributed by atoms with Crippen LogP contribution in [0.4, 0.5) is 12.0 Å². The summed E-state index contributed by atoms with van der Waals surface area (Å²) in [5, 5.41) is 13.7. The van der Waals surface area contributed by atoms with Gasteiger partial charge in [0.15, 0.2) is 0 Å². The summed E-state index contributed by atoms with van der Waals surface area (Å²) in [4.78, 5) is 7.98.